The zero-order valence-corrected chi connectivity index (χ0v) is 15.6. The molecule has 26 heavy (non-hydrogen) atoms. The third-order valence-corrected chi connectivity index (χ3v) is 4.41. The molecule has 0 fully saturated rings. The van der Waals surface area contributed by atoms with Gasteiger partial charge in [-0.05, 0) is 31.7 Å². The number of carbonyl (C=O) groups excluding carboxylic acids is 2. The van der Waals surface area contributed by atoms with Gasteiger partial charge in [0.05, 0.1) is 13.2 Å². The van der Waals surface area contributed by atoms with Crippen molar-refractivity contribution >= 4 is 18.2 Å². The quantitative estimate of drug-likeness (QED) is 0.172. The van der Waals surface area contributed by atoms with Crippen LogP contribution < -0.4 is 0 Å². The zero-order chi connectivity index (χ0) is 19.6. The molecule has 6 nitrogen and oxygen atoms in total. The first-order chi connectivity index (χ1) is 12.5. The first kappa shape index (κ1) is 21.4. The van der Waals surface area contributed by atoms with Crippen molar-refractivity contribution in [2.75, 3.05) is 13.2 Å². The number of carbonyl (C=O) groups is 2. The summed E-state index contributed by atoms with van der Waals surface area (Å²) < 4.78 is 10.4. The van der Waals surface area contributed by atoms with Crippen LogP contribution in [-0.2, 0) is 19.1 Å². The van der Waals surface area contributed by atoms with Gasteiger partial charge in [-0.1, -0.05) is 43.3 Å². The fourth-order valence-corrected chi connectivity index (χ4v) is 3.12. The second-order valence-corrected chi connectivity index (χ2v) is 5.89. The fourth-order valence-electron chi connectivity index (χ4n) is 3.12. The molecule has 0 unspecified atom stereocenters. The number of esters is 2. The van der Waals surface area contributed by atoms with E-state index >= 15 is 0 Å². The highest BCUT2D eigenvalue weighted by Crippen LogP contribution is 2.42. The predicted molar refractivity (Wildman–Crippen MR) is 99.1 cm³/mol. The van der Waals surface area contributed by atoms with E-state index in [0.717, 1.165) is 5.56 Å². The predicted octanol–water partition coefficient (Wildman–Crippen LogP) is 3.56. The SMILES string of the molecule is C=CCC(C(=O)OCC)(C(=O)OCC)[C@H](/C=N/O)[C@@H](C)c1ccccc1. The Bertz CT molecular complexity index is 608. The summed E-state index contributed by atoms with van der Waals surface area (Å²) in [7, 11) is 0. The minimum absolute atomic E-state index is 0.00146. The van der Waals surface area contributed by atoms with Gasteiger partial charge in [-0.25, -0.2) is 0 Å². The number of hydrogen-bond donors (Lipinski definition) is 1. The smallest absolute Gasteiger partial charge is 0.324 e. The van der Waals surface area contributed by atoms with Gasteiger partial charge in [0, 0.05) is 12.1 Å². The van der Waals surface area contributed by atoms with Crippen molar-refractivity contribution in [2.45, 2.75) is 33.1 Å². The summed E-state index contributed by atoms with van der Waals surface area (Å²) in [6.07, 6.45) is 2.68. The van der Waals surface area contributed by atoms with Crippen LogP contribution in [0.2, 0.25) is 0 Å². The van der Waals surface area contributed by atoms with Gasteiger partial charge in [0.1, 0.15) is 0 Å². The summed E-state index contributed by atoms with van der Waals surface area (Å²) in [6.45, 7) is 9.09. The molecular weight excluding hydrogens is 334 g/mol. The van der Waals surface area contributed by atoms with E-state index in [1.807, 2.05) is 37.3 Å². The Balaban J connectivity index is 3.56. The van der Waals surface area contributed by atoms with E-state index in [2.05, 4.69) is 11.7 Å². The maximum absolute atomic E-state index is 12.9. The molecule has 0 spiro atoms. The maximum Gasteiger partial charge on any atom is 0.324 e. The van der Waals surface area contributed by atoms with Crippen LogP contribution in [0, 0.1) is 11.3 Å². The van der Waals surface area contributed by atoms with Crippen molar-refractivity contribution in [2.24, 2.45) is 16.5 Å². The van der Waals surface area contributed by atoms with Crippen LogP contribution in [-0.4, -0.2) is 36.6 Å². The van der Waals surface area contributed by atoms with Crippen molar-refractivity contribution in [1.82, 2.24) is 0 Å². The first-order valence-electron chi connectivity index (χ1n) is 8.67. The van der Waals surface area contributed by atoms with Gasteiger partial charge in [-0.3, -0.25) is 9.59 Å². The molecule has 0 aliphatic heterocycles. The van der Waals surface area contributed by atoms with E-state index in [-0.39, 0.29) is 25.6 Å². The Labute approximate surface area is 154 Å². The van der Waals surface area contributed by atoms with E-state index in [4.69, 9.17) is 9.47 Å². The molecule has 0 amide bonds. The molecule has 1 N–H and O–H groups in total. The van der Waals surface area contributed by atoms with Crippen LogP contribution in [0.25, 0.3) is 0 Å². The number of benzene rings is 1. The van der Waals surface area contributed by atoms with Crippen molar-refractivity contribution < 1.29 is 24.3 Å². The second kappa shape index (κ2) is 10.4. The fraction of sp³-hybridized carbons (Fsp3) is 0.450. The zero-order valence-electron chi connectivity index (χ0n) is 15.6. The molecule has 0 saturated heterocycles. The number of ether oxygens (including phenoxy) is 2. The lowest BCUT2D eigenvalue weighted by Crippen LogP contribution is -2.50. The molecule has 1 aromatic carbocycles. The highest BCUT2D eigenvalue weighted by Gasteiger charge is 2.55. The standard InChI is InChI=1S/C20H27NO5/c1-5-13-20(18(22)25-6-2,19(23)26-7-3)17(14-21-24)15(4)16-11-9-8-10-12-16/h5,8-12,14-15,17,24H,1,6-7,13H2,2-4H3/b21-14+/t15-,17+/m0/s1. The summed E-state index contributed by atoms with van der Waals surface area (Å²) in [6, 6.07) is 9.38. The number of nitrogens with zero attached hydrogens (tertiary/aromatic N) is 1. The number of rotatable bonds is 10. The van der Waals surface area contributed by atoms with Crippen LogP contribution in [0.3, 0.4) is 0 Å². The van der Waals surface area contributed by atoms with Crippen molar-refractivity contribution in [3.8, 4) is 0 Å². The van der Waals surface area contributed by atoms with Gasteiger partial charge < -0.3 is 14.7 Å². The Morgan fingerprint density at radius 1 is 1.19 bits per heavy atom. The number of oxime groups is 1. The molecule has 2 atom stereocenters. The minimum atomic E-state index is -1.69. The molecule has 0 bridgehead atoms. The van der Waals surface area contributed by atoms with E-state index in [0.29, 0.717) is 0 Å². The summed E-state index contributed by atoms with van der Waals surface area (Å²) >= 11 is 0. The monoisotopic (exact) mass is 361 g/mol. The topological polar surface area (TPSA) is 85.2 Å². The number of allylic oxidation sites excluding steroid dienone is 1. The van der Waals surface area contributed by atoms with Crippen molar-refractivity contribution in [3.63, 3.8) is 0 Å². The Kier molecular flexibility index (Phi) is 8.55. The van der Waals surface area contributed by atoms with Crippen LogP contribution >= 0.6 is 0 Å². The summed E-state index contributed by atoms with van der Waals surface area (Å²) in [4.78, 5) is 25.8. The van der Waals surface area contributed by atoms with Crippen LogP contribution in [0.1, 0.15) is 38.7 Å². The Morgan fingerprint density at radius 2 is 1.73 bits per heavy atom. The lowest BCUT2D eigenvalue weighted by atomic mass is 9.66. The summed E-state index contributed by atoms with van der Waals surface area (Å²) in [5.74, 6) is -2.54. The Hall–Kier alpha value is -2.63. The van der Waals surface area contributed by atoms with Crippen LogP contribution in [0.15, 0.2) is 48.1 Å². The summed E-state index contributed by atoms with van der Waals surface area (Å²) in [5.41, 5.74) is -0.797. The second-order valence-electron chi connectivity index (χ2n) is 5.89. The average molecular weight is 361 g/mol. The summed E-state index contributed by atoms with van der Waals surface area (Å²) in [5, 5.41) is 12.4. The van der Waals surface area contributed by atoms with Gasteiger partial charge in [-0.15, -0.1) is 11.7 Å². The van der Waals surface area contributed by atoms with E-state index in [1.165, 1.54) is 12.3 Å². The molecule has 0 heterocycles. The lowest BCUT2D eigenvalue weighted by Gasteiger charge is -2.36. The Morgan fingerprint density at radius 3 is 2.15 bits per heavy atom. The maximum atomic E-state index is 12.9. The third-order valence-electron chi connectivity index (χ3n) is 4.41. The van der Waals surface area contributed by atoms with Crippen LogP contribution in [0.5, 0.6) is 0 Å². The van der Waals surface area contributed by atoms with E-state index in [9.17, 15) is 14.8 Å². The van der Waals surface area contributed by atoms with Gasteiger partial charge in [0.25, 0.3) is 0 Å². The van der Waals surface area contributed by atoms with E-state index in [1.54, 1.807) is 13.8 Å². The van der Waals surface area contributed by atoms with Crippen molar-refractivity contribution in [1.29, 1.82) is 0 Å². The molecule has 0 saturated carbocycles. The number of hydrogen-bond acceptors (Lipinski definition) is 6. The van der Waals surface area contributed by atoms with E-state index < -0.39 is 23.3 Å². The minimum Gasteiger partial charge on any atom is -0.465 e. The molecule has 0 aliphatic carbocycles. The molecule has 0 aromatic heterocycles. The third kappa shape index (κ3) is 4.50. The molecule has 0 radical (unpaired) electrons. The highest BCUT2D eigenvalue weighted by molar-refractivity contribution is 6.03. The lowest BCUT2D eigenvalue weighted by molar-refractivity contribution is -0.175. The molecule has 1 aromatic rings. The van der Waals surface area contributed by atoms with Crippen LogP contribution in [0.4, 0.5) is 0 Å². The molecule has 0 aliphatic rings. The molecule has 142 valence electrons. The molecule has 1 rings (SSSR count). The molecule has 6 heteroatoms. The first-order valence-corrected chi connectivity index (χ1v) is 8.67. The van der Waals surface area contributed by atoms with Gasteiger partial charge in [0.15, 0.2) is 5.41 Å². The van der Waals surface area contributed by atoms with Gasteiger partial charge in [-0.2, -0.15) is 0 Å². The average Bonchev–Trinajstić information content (AvgIpc) is 2.65. The largest absolute Gasteiger partial charge is 0.465 e. The molecular formula is C20H27NO5. The van der Waals surface area contributed by atoms with Crippen molar-refractivity contribution in [3.05, 3.63) is 48.6 Å². The highest BCUT2D eigenvalue weighted by atomic mass is 16.6. The van der Waals surface area contributed by atoms with Gasteiger partial charge >= 0.3 is 11.9 Å². The van der Waals surface area contributed by atoms with Gasteiger partial charge in [0.2, 0.25) is 0 Å². The normalized spacial score (nSPS) is 13.8.